The minimum absolute atomic E-state index is 0.0125. The maximum absolute atomic E-state index is 13.1. The number of nitrogens with zero attached hydrogens (tertiary/aromatic N) is 1. The molecule has 0 unspecified atom stereocenters. The average Bonchev–Trinajstić information content (AvgIpc) is 3.34. The monoisotopic (exact) mass is 533 g/mol. The topological polar surface area (TPSA) is 120 Å². The predicted molar refractivity (Wildman–Crippen MR) is 146 cm³/mol. The molecule has 2 aliphatic rings. The third-order valence-corrected chi connectivity index (χ3v) is 9.08. The summed E-state index contributed by atoms with van der Waals surface area (Å²) < 4.78 is 26.2. The Hall–Kier alpha value is -3.69. The zero-order valence-corrected chi connectivity index (χ0v) is 22.3. The number of amides is 2. The molecule has 1 fully saturated rings. The molecule has 3 heterocycles. The average molecular weight is 534 g/mol. The molecule has 2 amide bonds. The zero-order valence-electron chi connectivity index (χ0n) is 21.5. The van der Waals surface area contributed by atoms with Gasteiger partial charge in [0.2, 0.25) is 5.91 Å². The van der Waals surface area contributed by atoms with Crippen molar-refractivity contribution in [1.29, 1.82) is 0 Å². The minimum Gasteiger partial charge on any atom is -0.393 e. The highest BCUT2D eigenvalue weighted by Crippen LogP contribution is 2.36. The molecule has 3 N–H and O–H groups in total. The third-order valence-electron chi connectivity index (χ3n) is 7.40. The summed E-state index contributed by atoms with van der Waals surface area (Å²) in [6.07, 6.45) is 2.79. The van der Waals surface area contributed by atoms with E-state index in [1.165, 1.54) is 6.07 Å². The molecule has 0 radical (unpaired) electrons. The number of aromatic nitrogens is 1. The summed E-state index contributed by atoms with van der Waals surface area (Å²) in [5.74, 6) is -0.428. The van der Waals surface area contributed by atoms with E-state index in [0.29, 0.717) is 54.0 Å². The molecular weight excluding hydrogens is 502 g/mol. The van der Waals surface area contributed by atoms with Crippen LogP contribution in [0.15, 0.2) is 53.4 Å². The molecule has 2 aliphatic heterocycles. The van der Waals surface area contributed by atoms with Gasteiger partial charge in [-0.25, -0.2) is 8.42 Å². The first-order chi connectivity index (χ1) is 18.1. The maximum Gasteiger partial charge on any atom is 0.256 e. The molecule has 3 aromatic rings. The molecule has 5 rings (SSSR count). The van der Waals surface area contributed by atoms with E-state index < -0.39 is 9.84 Å². The van der Waals surface area contributed by atoms with Gasteiger partial charge in [0.15, 0.2) is 9.84 Å². The van der Waals surface area contributed by atoms with Gasteiger partial charge in [0.25, 0.3) is 5.91 Å². The van der Waals surface area contributed by atoms with E-state index in [-0.39, 0.29) is 35.0 Å². The van der Waals surface area contributed by atoms with Gasteiger partial charge in [0, 0.05) is 35.7 Å². The van der Waals surface area contributed by atoms with Crippen molar-refractivity contribution in [2.24, 2.45) is 0 Å². The normalized spacial score (nSPS) is 17.1. The van der Waals surface area contributed by atoms with Crippen LogP contribution in [0, 0.1) is 13.8 Å². The van der Waals surface area contributed by atoms with Crippen LogP contribution in [0.25, 0.3) is 11.6 Å². The molecule has 2 aromatic carbocycles. The van der Waals surface area contributed by atoms with Crippen LogP contribution in [0.2, 0.25) is 0 Å². The largest absolute Gasteiger partial charge is 0.393 e. The second-order valence-electron chi connectivity index (χ2n) is 10.0. The fourth-order valence-corrected chi connectivity index (χ4v) is 6.50. The lowest BCUT2D eigenvalue weighted by Crippen LogP contribution is -2.40. The van der Waals surface area contributed by atoms with Crippen LogP contribution in [0.4, 0.5) is 5.69 Å². The van der Waals surface area contributed by atoms with Gasteiger partial charge in [-0.3, -0.25) is 9.59 Å². The molecule has 38 heavy (non-hydrogen) atoms. The molecule has 8 nitrogen and oxygen atoms in total. The van der Waals surface area contributed by atoms with Gasteiger partial charge in [0.05, 0.1) is 28.7 Å². The standard InChI is InChI=1S/C29H31N3O5S/c1-18-23(16-28(34)32-12-10-21(33)11-13-32)19(2)30-27(18)15-25-24-14-22(8-9-26(24)31-29(25)35)38(36,37)17-20-6-4-3-5-7-20/h3-9,14-15,21,30,33H,10-13,16-17H2,1-2H3,(H,31,35)/b25-15-. The molecule has 0 spiro atoms. The number of hydrogen-bond acceptors (Lipinski definition) is 5. The van der Waals surface area contributed by atoms with Gasteiger partial charge < -0.3 is 20.3 Å². The van der Waals surface area contributed by atoms with Gasteiger partial charge in [-0.1, -0.05) is 30.3 Å². The van der Waals surface area contributed by atoms with E-state index in [0.717, 1.165) is 16.8 Å². The number of aliphatic hydroxyl groups is 1. The van der Waals surface area contributed by atoms with Gasteiger partial charge in [0.1, 0.15) is 0 Å². The molecular formula is C29H31N3O5S. The molecule has 0 aliphatic carbocycles. The Morgan fingerprint density at radius 1 is 1.11 bits per heavy atom. The fraction of sp³-hybridized carbons (Fsp3) is 0.310. The number of likely N-dealkylation sites (tertiary alicyclic amines) is 1. The number of anilines is 1. The van der Waals surface area contributed by atoms with E-state index >= 15 is 0 Å². The summed E-state index contributed by atoms with van der Waals surface area (Å²) in [5.41, 5.74) is 5.44. The van der Waals surface area contributed by atoms with Gasteiger partial charge in [-0.05, 0) is 67.7 Å². The van der Waals surface area contributed by atoms with Crippen LogP contribution >= 0.6 is 0 Å². The van der Waals surface area contributed by atoms with Gasteiger partial charge in [-0.15, -0.1) is 0 Å². The molecule has 1 aromatic heterocycles. The number of nitrogens with one attached hydrogen (secondary N) is 2. The van der Waals surface area contributed by atoms with Crippen molar-refractivity contribution in [2.45, 2.75) is 49.9 Å². The van der Waals surface area contributed by atoms with Crippen LogP contribution in [-0.2, 0) is 31.6 Å². The van der Waals surface area contributed by atoms with Crippen molar-refractivity contribution in [1.82, 2.24) is 9.88 Å². The summed E-state index contributed by atoms with van der Waals surface area (Å²) in [5, 5.41) is 12.5. The van der Waals surface area contributed by atoms with E-state index in [1.54, 1.807) is 47.4 Å². The first-order valence-corrected chi connectivity index (χ1v) is 14.4. The van der Waals surface area contributed by atoms with E-state index in [2.05, 4.69) is 10.3 Å². The van der Waals surface area contributed by atoms with Crippen molar-refractivity contribution in [3.63, 3.8) is 0 Å². The number of benzene rings is 2. The summed E-state index contributed by atoms with van der Waals surface area (Å²) in [6.45, 7) is 4.90. The maximum atomic E-state index is 13.1. The van der Waals surface area contributed by atoms with Crippen molar-refractivity contribution in [3.05, 3.63) is 82.2 Å². The Balaban J connectivity index is 1.42. The molecule has 1 saturated heterocycles. The van der Waals surface area contributed by atoms with E-state index in [9.17, 15) is 23.1 Å². The quantitative estimate of drug-likeness (QED) is 0.418. The minimum atomic E-state index is -3.62. The summed E-state index contributed by atoms with van der Waals surface area (Å²) >= 11 is 0. The first kappa shape index (κ1) is 25.9. The summed E-state index contributed by atoms with van der Waals surface area (Å²) in [6, 6.07) is 13.7. The van der Waals surface area contributed by atoms with Crippen LogP contribution in [0.5, 0.6) is 0 Å². The van der Waals surface area contributed by atoms with Gasteiger partial charge in [-0.2, -0.15) is 0 Å². The summed E-state index contributed by atoms with van der Waals surface area (Å²) in [7, 11) is -3.62. The van der Waals surface area contributed by atoms with Crippen LogP contribution < -0.4 is 5.32 Å². The zero-order chi connectivity index (χ0) is 27.0. The summed E-state index contributed by atoms with van der Waals surface area (Å²) in [4.78, 5) is 31.0. The Kier molecular flexibility index (Phi) is 6.98. The number of hydrogen-bond donors (Lipinski definition) is 3. The molecule has 198 valence electrons. The number of sulfone groups is 1. The third kappa shape index (κ3) is 5.16. The smallest absolute Gasteiger partial charge is 0.256 e. The van der Waals surface area contributed by atoms with Crippen molar-refractivity contribution in [3.8, 4) is 0 Å². The second-order valence-corrected chi connectivity index (χ2v) is 12.0. The van der Waals surface area contributed by atoms with E-state index in [4.69, 9.17) is 0 Å². The molecule has 0 bridgehead atoms. The lowest BCUT2D eigenvalue weighted by atomic mass is 10.0. The van der Waals surface area contributed by atoms with Crippen molar-refractivity contribution in [2.75, 3.05) is 18.4 Å². The highest BCUT2D eigenvalue weighted by Gasteiger charge is 2.28. The first-order valence-electron chi connectivity index (χ1n) is 12.7. The van der Waals surface area contributed by atoms with Crippen molar-refractivity contribution >= 4 is 39.0 Å². The highest BCUT2D eigenvalue weighted by atomic mass is 32.2. The SMILES string of the molecule is Cc1[nH]c(/C=C2\C(=O)Nc3ccc(S(=O)(=O)Cc4ccccc4)cc32)c(C)c1CC(=O)N1CCC(O)CC1. The number of aryl methyl sites for hydroxylation is 1. The van der Waals surface area contributed by atoms with Crippen LogP contribution in [0.3, 0.4) is 0 Å². The number of aromatic amines is 1. The Morgan fingerprint density at radius 3 is 2.53 bits per heavy atom. The number of H-pyrrole nitrogens is 1. The second kappa shape index (κ2) is 10.2. The van der Waals surface area contributed by atoms with E-state index in [1.807, 2.05) is 19.9 Å². The Morgan fingerprint density at radius 2 is 1.82 bits per heavy atom. The predicted octanol–water partition coefficient (Wildman–Crippen LogP) is 3.62. The number of piperidine rings is 1. The molecule has 0 atom stereocenters. The number of carbonyl (C=O) groups is 2. The number of rotatable bonds is 6. The van der Waals surface area contributed by atoms with Crippen LogP contribution in [-0.4, -0.2) is 54.4 Å². The fourth-order valence-electron chi connectivity index (χ4n) is 5.13. The van der Waals surface area contributed by atoms with Gasteiger partial charge >= 0.3 is 0 Å². The highest BCUT2D eigenvalue weighted by molar-refractivity contribution is 7.90. The lowest BCUT2D eigenvalue weighted by molar-refractivity contribution is -0.132. The molecule has 0 saturated carbocycles. The van der Waals surface area contributed by atoms with Crippen LogP contribution in [0.1, 0.15) is 46.5 Å². The number of aliphatic hydroxyl groups excluding tert-OH is 1. The Labute approximate surface area is 222 Å². The lowest BCUT2D eigenvalue weighted by Gasteiger charge is -2.29. The Bertz CT molecular complexity index is 1530. The number of carbonyl (C=O) groups excluding carboxylic acids is 2. The molecule has 9 heteroatoms. The number of fused-ring (bicyclic) bond motifs is 1. The van der Waals surface area contributed by atoms with Crippen molar-refractivity contribution < 1.29 is 23.1 Å².